The van der Waals surface area contributed by atoms with Gasteiger partial charge in [-0.25, -0.2) is 14.4 Å². The number of amides is 1. The lowest BCUT2D eigenvalue weighted by atomic mass is 9.93. The number of carbonyl (C=O) groups excluding carboxylic acids is 1. The lowest BCUT2D eigenvalue weighted by Crippen LogP contribution is -2.44. The van der Waals surface area contributed by atoms with E-state index in [0.717, 1.165) is 81.4 Å². The zero-order chi connectivity index (χ0) is 21.2. The Bertz CT molecular complexity index is 941. The maximum absolute atomic E-state index is 13.4. The lowest BCUT2D eigenvalue weighted by Gasteiger charge is -2.36. The molecule has 0 radical (unpaired) electrons. The number of piperidine rings is 1. The molecule has 31 heavy (non-hydrogen) atoms. The molecule has 7 nitrogen and oxygen atoms in total. The van der Waals surface area contributed by atoms with E-state index in [2.05, 4.69) is 19.8 Å². The highest BCUT2D eigenvalue weighted by molar-refractivity contribution is 5.79. The average Bonchev–Trinajstić information content (AvgIpc) is 2.84. The second-order valence-corrected chi connectivity index (χ2v) is 8.52. The van der Waals surface area contributed by atoms with Crippen molar-refractivity contribution in [3.05, 3.63) is 47.5 Å². The Morgan fingerprint density at radius 2 is 1.65 bits per heavy atom. The Labute approximate surface area is 181 Å². The number of hydrogen-bond acceptors (Lipinski definition) is 6. The van der Waals surface area contributed by atoms with E-state index in [1.165, 1.54) is 6.07 Å². The van der Waals surface area contributed by atoms with Crippen LogP contribution in [0.1, 0.15) is 24.0 Å². The molecule has 1 aromatic heterocycles. The van der Waals surface area contributed by atoms with E-state index in [0.29, 0.717) is 13.1 Å². The number of anilines is 2. The molecule has 0 spiro atoms. The number of aromatic nitrogens is 2. The van der Waals surface area contributed by atoms with Crippen molar-refractivity contribution in [3.8, 4) is 0 Å². The highest BCUT2D eigenvalue weighted by Gasteiger charge is 2.31. The molecule has 164 valence electrons. The van der Waals surface area contributed by atoms with Crippen molar-refractivity contribution in [2.24, 2.45) is 5.92 Å². The second-order valence-electron chi connectivity index (χ2n) is 8.52. The van der Waals surface area contributed by atoms with E-state index in [1.54, 1.807) is 12.4 Å². The van der Waals surface area contributed by atoms with E-state index in [-0.39, 0.29) is 17.6 Å². The molecule has 4 heterocycles. The predicted molar refractivity (Wildman–Crippen MR) is 116 cm³/mol. The summed E-state index contributed by atoms with van der Waals surface area (Å²) < 4.78 is 18.9. The van der Waals surface area contributed by atoms with Crippen molar-refractivity contribution < 1.29 is 13.9 Å². The molecule has 0 saturated carbocycles. The summed E-state index contributed by atoms with van der Waals surface area (Å²) in [6.45, 7) is 6.02. The highest BCUT2D eigenvalue weighted by atomic mass is 19.1. The van der Waals surface area contributed by atoms with E-state index in [4.69, 9.17) is 4.74 Å². The summed E-state index contributed by atoms with van der Waals surface area (Å²) in [4.78, 5) is 28.5. The molecule has 0 atom stereocenters. The molecule has 0 unspecified atom stereocenters. The second kappa shape index (κ2) is 8.78. The molecule has 2 saturated heterocycles. The Kier molecular flexibility index (Phi) is 5.72. The van der Waals surface area contributed by atoms with Crippen LogP contribution >= 0.6 is 0 Å². The number of ether oxygens (including phenoxy) is 1. The Hall–Kier alpha value is -2.74. The quantitative estimate of drug-likeness (QED) is 0.752. The van der Waals surface area contributed by atoms with E-state index in [9.17, 15) is 9.18 Å². The molecular weight excluding hydrogens is 397 g/mol. The fraction of sp³-hybridized carbons (Fsp3) is 0.522. The number of hydrogen-bond donors (Lipinski definition) is 0. The van der Waals surface area contributed by atoms with Gasteiger partial charge in [-0.1, -0.05) is 6.07 Å². The predicted octanol–water partition coefficient (Wildman–Crippen LogP) is 2.25. The summed E-state index contributed by atoms with van der Waals surface area (Å²) >= 11 is 0. The van der Waals surface area contributed by atoms with Crippen LogP contribution in [0.4, 0.5) is 16.0 Å². The number of morpholine rings is 1. The van der Waals surface area contributed by atoms with Crippen LogP contribution in [0.15, 0.2) is 30.6 Å². The fourth-order valence-electron chi connectivity index (χ4n) is 4.80. The fourth-order valence-corrected chi connectivity index (χ4v) is 4.80. The maximum Gasteiger partial charge on any atom is 0.226 e. The van der Waals surface area contributed by atoms with Crippen LogP contribution in [-0.4, -0.2) is 66.7 Å². The summed E-state index contributed by atoms with van der Waals surface area (Å²) in [5.41, 5.74) is 2.09. The van der Waals surface area contributed by atoms with Crippen LogP contribution in [0.3, 0.4) is 0 Å². The first-order valence-electron chi connectivity index (χ1n) is 11.1. The van der Waals surface area contributed by atoms with Gasteiger partial charge in [0, 0.05) is 51.3 Å². The Balaban J connectivity index is 1.19. The van der Waals surface area contributed by atoms with Crippen molar-refractivity contribution in [2.75, 3.05) is 55.7 Å². The SMILES string of the molecule is O=C(C1CCN(c2cc(N3CCOCC3)ncn2)CC1)N1CCc2cc(F)ccc2C1. The molecule has 0 bridgehead atoms. The van der Waals surface area contributed by atoms with Gasteiger partial charge in [0.1, 0.15) is 23.8 Å². The third kappa shape index (κ3) is 4.35. The minimum absolute atomic E-state index is 0.0406. The summed E-state index contributed by atoms with van der Waals surface area (Å²) in [6, 6.07) is 6.95. The minimum Gasteiger partial charge on any atom is -0.378 e. The monoisotopic (exact) mass is 425 g/mol. The van der Waals surface area contributed by atoms with Crippen LogP contribution in [0, 0.1) is 11.7 Å². The molecule has 2 fully saturated rings. The molecule has 5 rings (SSSR count). The molecule has 8 heteroatoms. The number of fused-ring (bicyclic) bond motifs is 1. The summed E-state index contributed by atoms with van der Waals surface area (Å²) in [7, 11) is 0. The van der Waals surface area contributed by atoms with Gasteiger partial charge in [-0.3, -0.25) is 4.79 Å². The van der Waals surface area contributed by atoms with Crippen molar-refractivity contribution in [1.29, 1.82) is 0 Å². The topological polar surface area (TPSA) is 61.8 Å². The van der Waals surface area contributed by atoms with E-state index in [1.807, 2.05) is 17.0 Å². The first-order valence-corrected chi connectivity index (χ1v) is 11.1. The standard InChI is InChI=1S/C23H28FN5O2/c24-20-2-1-19-15-29(8-5-18(19)13-20)23(30)17-3-6-27(7-4-17)21-14-22(26-16-25-21)28-9-11-31-12-10-28/h1-2,13-14,16-17H,3-12,15H2. The normalized spacial score (nSPS) is 20.0. The van der Waals surface area contributed by atoms with Gasteiger partial charge in [-0.05, 0) is 42.5 Å². The van der Waals surface area contributed by atoms with Crippen molar-refractivity contribution in [2.45, 2.75) is 25.8 Å². The lowest BCUT2D eigenvalue weighted by molar-refractivity contribution is -0.137. The summed E-state index contributed by atoms with van der Waals surface area (Å²) in [6.07, 6.45) is 4.00. The third-order valence-corrected chi connectivity index (χ3v) is 6.63. The average molecular weight is 426 g/mol. The molecule has 1 aromatic carbocycles. The van der Waals surface area contributed by atoms with Crippen LogP contribution in [0.2, 0.25) is 0 Å². The number of carbonyl (C=O) groups is 1. The van der Waals surface area contributed by atoms with Gasteiger partial charge >= 0.3 is 0 Å². The largest absolute Gasteiger partial charge is 0.378 e. The highest BCUT2D eigenvalue weighted by Crippen LogP contribution is 2.28. The smallest absolute Gasteiger partial charge is 0.226 e. The van der Waals surface area contributed by atoms with E-state index < -0.39 is 0 Å². The molecule has 1 amide bonds. The number of nitrogens with zero attached hydrogens (tertiary/aromatic N) is 5. The zero-order valence-electron chi connectivity index (χ0n) is 17.7. The minimum atomic E-state index is -0.201. The van der Waals surface area contributed by atoms with Crippen LogP contribution in [0.25, 0.3) is 0 Å². The molecule has 2 aromatic rings. The third-order valence-electron chi connectivity index (χ3n) is 6.63. The van der Waals surface area contributed by atoms with Crippen molar-refractivity contribution >= 4 is 17.5 Å². The van der Waals surface area contributed by atoms with Gasteiger partial charge in [0.25, 0.3) is 0 Å². The van der Waals surface area contributed by atoms with Crippen molar-refractivity contribution in [1.82, 2.24) is 14.9 Å². The number of rotatable bonds is 3. The van der Waals surface area contributed by atoms with Gasteiger partial charge < -0.3 is 19.4 Å². The van der Waals surface area contributed by atoms with Gasteiger partial charge in [0.15, 0.2) is 0 Å². The van der Waals surface area contributed by atoms with Crippen LogP contribution in [-0.2, 0) is 22.5 Å². The summed E-state index contributed by atoms with van der Waals surface area (Å²) in [5.74, 6) is 1.93. The van der Waals surface area contributed by atoms with Gasteiger partial charge in [0.2, 0.25) is 5.91 Å². The first-order chi connectivity index (χ1) is 15.2. The zero-order valence-corrected chi connectivity index (χ0v) is 17.7. The van der Waals surface area contributed by atoms with Gasteiger partial charge in [0.05, 0.1) is 13.2 Å². The maximum atomic E-state index is 13.4. The Morgan fingerprint density at radius 1 is 0.935 bits per heavy atom. The first kappa shape index (κ1) is 20.2. The molecule has 3 aliphatic rings. The number of halogens is 1. The molecular formula is C23H28FN5O2. The van der Waals surface area contributed by atoms with Gasteiger partial charge in [-0.2, -0.15) is 0 Å². The summed E-state index contributed by atoms with van der Waals surface area (Å²) in [5, 5.41) is 0. The molecule has 0 aliphatic carbocycles. The molecule has 3 aliphatic heterocycles. The van der Waals surface area contributed by atoms with Crippen LogP contribution < -0.4 is 9.80 Å². The molecule has 0 N–H and O–H groups in total. The van der Waals surface area contributed by atoms with Gasteiger partial charge in [-0.15, -0.1) is 0 Å². The van der Waals surface area contributed by atoms with Crippen molar-refractivity contribution in [3.63, 3.8) is 0 Å². The van der Waals surface area contributed by atoms with E-state index >= 15 is 0 Å². The number of benzene rings is 1. The van der Waals surface area contributed by atoms with Crippen LogP contribution in [0.5, 0.6) is 0 Å². The Morgan fingerprint density at radius 3 is 2.39 bits per heavy atom.